The average molecular weight is 449 g/mol. The van der Waals surface area contributed by atoms with Crippen LogP contribution in [0.2, 0.25) is 0 Å². The van der Waals surface area contributed by atoms with Crippen molar-refractivity contribution < 1.29 is 22.7 Å². The zero-order valence-corrected chi connectivity index (χ0v) is 17.8. The van der Waals surface area contributed by atoms with E-state index in [1.807, 2.05) is 42.5 Å². The Hall–Kier alpha value is -3.78. The number of nitrogens with one attached hydrogen (secondary N) is 1. The molecular weight excluding hydrogens is 428 g/mol. The molecule has 0 spiro atoms. The Morgan fingerprint density at radius 2 is 1.66 bits per heavy atom. The van der Waals surface area contributed by atoms with Gasteiger partial charge in [0.2, 0.25) is 12.6 Å². The van der Waals surface area contributed by atoms with Crippen molar-refractivity contribution in [1.82, 2.24) is 5.32 Å². The molecule has 0 bridgehead atoms. The van der Waals surface area contributed by atoms with Crippen LogP contribution in [0.25, 0.3) is 0 Å². The minimum atomic E-state index is -4.05. The number of ketones is 1. The molecule has 7 nitrogen and oxygen atoms in total. The van der Waals surface area contributed by atoms with Crippen LogP contribution in [0.4, 0.5) is 5.69 Å². The van der Waals surface area contributed by atoms with Gasteiger partial charge < -0.3 is 14.8 Å². The lowest BCUT2D eigenvalue weighted by Crippen LogP contribution is -2.39. The van der Waals surface area contributed by atoms with Gasteiger partial charge in [0, 0.05) is 18.3 Å². The van der Waals surface area contributed by atoms with Crippen LogP contribution < -0.4 is 19.1 Å². The molecule has 0 aromatic heterocycles. The van der Waals surface area contributed by atoms with Gasteiger partial charge >= 0.3 is 0 Å². The highest BCUT2D eigenvalue weighted by Crippen LogP contribution is 2.36. The van der Waals surface area contributed by atoms with E-state index >= 15 is 0 Å². The summed E-state index contributed by atoms with van der Waals surface area (Å²) in [6.07, 6.45) is 1.29. The smallest absolute Gasteiger partial charge is 0.270 e. The molecule has 2 aliphatic heterocycles. The van der Waals surface area contributed by atoms with Crippen LogP contribution >= 0.6 is 0 Å². The highest BCUT2D eigenvalue weighted by molar-refractivity contribution is 7.97. The summed E-state index contributed by atoms with van der Waals surface area (Å²) in [4.78, 5) is 12.8. The minimum Gasteiger partial charge on any atom is -0.454 e. The lowest BCUT2D eigenvalue weighted by atomic mass is 10.1. The third-order valence-corrected chi connectivity index (χ3v) is 7.12. The number of hydrogen-bond acceptors (Lipinski definition) is 6. The van der Waals surface area contributed by atoms with Crippen molar-refractivity contribution in [2.75, 3.05) is 11.1 Å². The van der Waals surface area contributed by atoms with E-state index in [1.54, 1.807) is 30.3 Å². The number of nitrogens with zero attached hydrogens (tertiary/aromatic N) is 1. The summed E-state index contributed by atoms with van der Waals surface area (Å²) in [6.45, 7) is 0.635. The van der Waals surface area contributed by atoms with Gasteiger partial charge in [-0.15, -0.1) is 0 Å². The number of hydrogen-bond donors (Lipinski definition) is 1. The first-order chi connectivity index (χ1) is 15.5. The topological polar surface area (TPSA) is 84.9 Å². The number of sulfonamides is 1. The van der Waals surface area contributed by atoms with E-state index in [2.05, 4.69) is 5.32 Å². The lowest BCUT2D eigenvalue weighted by molar-refractivity contribution is 0.104. The van der Waals surface area contributed by atoms with E-state index in [-0.39, 0.29) is 18.2 Å². The van der Waals surface area contributed by atoms with Crippen LogP contribution in [0, 0.1) is 0 Å². The van der Waals surface area contributed by atoms with Crippen LogP contribution in [0.3, 0.4) is 0 Å². The average Bonchev–Trinajstić information content (AvgIpc) is 3.28. The summed E-state index contributed by atoms with van der Waals surface area (Å²) in [5.74, 6) is 0.787. The van der Waals surface area contributed by atoms with Gasteiger partial charge in [0.25, 0.3) is 10.0 Å². The Morgan fingerprint density at radius 3 is 2.50 bits per heavy atom. The fraction of sp³-hybridized carbons (Fsp3) is 0.125. The molecule has 8 heteroatoms. The third kappa shape index (κ3) is 3.58. The number of anilines is 1. The maximum atomic E-state index is 13.4. The fourth-order valence-electron chi connectivity index (χ4n) is 3.75. The number of allylic oxidation sites excluding steroid dienone is 1. The third-order valence-electron chi connectivity index (χ3n) is 5.35. The number of carbonyl (C=O) groups excluding carboxylic acids is 1. The molecule has 2 aliphatic rings. The molecule has 0 saturated carbocycles. The largest absolute Gasteiger partial charge is 0.454 e. The van der Waals surface area contributed by atoms with Crippen molar-refractivity contribution in [3.8, 4) is 11.5 Å². The summed E-state index contributed by atoms with van der Waals surface area (Å²) < 4.78 is 38.9. The van der Waals surface area contributed by atoms with E-state index in [9.17, 15) is 13.2 Å². The Balaban J connectivity index is 1.46. The van der Waals surface area contributed by atoms with Crippen LogP contribution in [0.15, 0.2) is 83.9 Å². The Morgan fingerprint density at radius 1 is 0.906 bits per heavy atom. The molecule has 5 rings (SSSR count). The molecule has 0 atom stereocenters. The molecular formula is C24H20N2O5S. The molecule has 3 aromatic carbocycles. The van der Waals surface area contributed by atoms with Gasteiger partial charge in [-0.05, 0) is 35.4 Å². The second-order valence-electron chi connectivity index (χ2n) is 7.42. The molecule has 0 unspecified atom stereocenters. The number of Topliss-reactive ketones (excluding diaryl/α,β-unsaturated/α-hetero) is 1. The fourth-order valence-corrected chi connectivity index (χ4v) is 5.30. The van der Waals surface area contributed by atoms with Gasteiger partial charge in [-0.2, -0.15) is 0 Å². The van der Waals surface area contributed by atoms with Gasteiger partial charge in [0.05, 0.1) is 12.2 Å². The van der Waals surface area contributed by atoms with Crippen molar-refractivity contribution in [2.45, 2.75) is 13.1 Å². The number of carbonyl (C=O) groups is 1. The van der Waals surface area contributed by atoms with E-state index in [0.29, 0.717) is 29.3 Å². The minimum absolute atomic E-state index is 0.132. The van der Waals surface area contributed by atoms with Crippen LogP contribution in [0.1, 0.15) is 21.5 Å². The van der Waals surface area contributed by atoms with Crippen molar-refractivity contribution in [2.24, 2.45) is 0 Å². The first-order valence-corrected chi connectivity index (χ1v) is 11.5. The highest BCUT2D eigenvalue weighted by Gasteiger charge is 2.39. The van der Waals surface area contributed by atoms with Gasteiger partial charge in [-0.1, -0.05) is 48.5 Å². The number of fused-ring (bicyclic) bond motifs is 2. The van der Waals surface area contributed by atoms with Crippen molar-refractivity contribution in [3.63, 3.8) is 0 Å². The second kappa shape index (κ2) is 8.05. The van der Waals surface area contributed by atoms with E-state index < -0.39 is 15.8 Å². The summed E-state index contributed by atoms with van der Waals surface area (Å²) in [7, 11) is -4.05. The van der Waals surface area contributed by atoms with Crippen molar-refractivity contribution in [3.05, 3.63) is 101 Å². The Labute approximate surface area is 185 Å². The Kier molecular flexibility index (Phi) is 5.07. The number of rotatable bonds is 5. The molecule has 0 radical (unpaired) electrons. The second-order valence-corrected chi connectivity index (χ2v) is 9.25. The number of benzene rings is 3. The first kappa shape index (κ1) is 20.1. The molecule has 0 amide bonds. The summed E-state index contributed by atoms with van der Waals surface area (Å²) in [6, 6.07) is 21.5. The monoisotopic (exact) mass is 448 g/mol. The molecule has 3 aromatic rings. The SMILES string of the molecule is O=C1/C(=C\NCc2ccc3c(c2)OCO3)S(=O)(=O)N(Cc2ccccc2)c2ccccc21. The normalized spacial score (nSPS) is 17.3. The Bertz CT molecular complexity index is 1320. The molecule has 0 aliphatic carbocycles. The molecule has 2 heterocycles. The van der Waals surface area contributed by atoms with E-state index in [4.69, 9.17) is 9.47 Å². The number of para-hydroxylation sites is 1. The van der Waals surface area contributed by atoms with Gasteiger partial charge in [0.1, 0.15) is 0 Å². The summed E-state index contributed by atoms with van der Waals surface area (Å²) in [5.41, 5.74) is 2.44. The van der Waals surface area contributed by atoms with Crippen LogP contribution in [-0.2, 0) is 23.1 Å². The highest BCUT2D eigenvalue weighted by atomic mass is 32.2. The molecule has 0 saturated heterocycles. The predicted octanol–water partition coefficient (Wildman–Crippen LogP) is 3.58. The van der Waals surface area contributed by atoms with Gasteiger partial charge in [0.15, 0.2) is 16.4 Å². The molecule has 0 fully saturated rings. The zero-order valence-electron chi connectivity index (χ0n) is 17.0. The number of ether oxygens (including phenoxy) is 2. The lowest BCUT2D eigenvalue weighted by Gasteiger charge is -2.31. The summed E-state index contributed by atoms with van der Waals surface area (Å²) in [5, 5.41) is 2.98. The van der Waals surface area contributed by atoms with Crippen molar-refractivity contribution in [1.29, 1.82) is 0 Å². The maximum Gasteiger partial charge on any atom is 0.270 e. The van der Waals surface area contributed by atoms with Gasteiger partial charge in [-0.3, -0.25) is 9.10 Å². The first-order valence-electron chi connectivity index (χ1n) is 10.1. The zero-order chi connectivity index (χ0) is 22.1. The van der Waals surface area contributed by atoms with E-state index in [0.717, 1.165) is 11.1 Å². The van der Waals surface area contributed by atoms with Gasteiger partial charge in [-0.25, -0.2) is 8.42 Å². The standard InChI is InChI=1S/C24H20N2O5S/c27-24-19-8-4-5-9-20(19)26(15-17-6-2-1-3-7-17)32(28,29)23(24)14-25-13-18-10-11-21-22(12-18)31-16-30-21/h1-12,14,25H,13,15-16H2/b23-14+. The van der Waals surface area contributed by atoms with Crippen molar-refractivity contribution >= 4 is 21.5 Å². The predicted molar refractivity (Wildman–Crippen MR) is 120 cm³/mol. The molecule has 1 N–H and O–H groups in total. The maximum absolute atomic E-state index is 13.4. The van der Waals surface area contributed by atoms with Crippen LogP contribution in [-0.4, -0.2) is 21.0 Å². The molecule has 162 valence electrons. The van der Waals surface area contributed by atoms with Crippen LogP contribution in [0.5, 0.6) is 11.5 Å². The quantitative estimate of drug-likeness (QED) is 0.601. The summed E-state index contributed by atoms with van der Waals surface area (Å²) >= 11 is 0. The van der Waals surface area contributed by atoms with E-state index in [1.165, 1.54) is 10.5 Å². The molecule has 32 heavy (non-hydrogen) atoms.